The van der Waals surface area contributed by atoms with Crippen molar-refractivity contribution in [1.82, 2.24) is 10.1 Å². The van der Waals surface area contributed by atoms with E-state index in [9.17, 15) is 0 Å². The van der Waals surface area contributed by atoms with Crippen molar-refractivity contribution in [3.8, 4) is 11.5 Å². The molecule has 5 nitrogen and oxygen atoms in total. The van der Waals surface area contributed by atoms with E-state index < -0.39 is 6.04 Å². The molecule has 0 spiro atoms. The van der Waals surface area contributed by atoms with Crippen molar-refractivity contribution in [3.63, 3.8) is 0 Å². The van der Waals surface area contributed by atoms with E-state index in [1.807, 2.05) is 11.4 Å². The maximum atomic E-state index is 8.83. The fraction of sp³-hybridized carbons (Fsp3) is 0.250. The molecule has 0 aliphatic rings. The van der Waals surface area contributed by atoms with Crippen molar-refractivity contribution in [1.29, 1.82) is 0 Å². The second-order valence-electron chi connectivity index (χ2n) is 2.89. The zero-order valence-electron chi connectivity index (χ0n) is 7.55. The summed E-state index contributed by atoms with van der Waals surface area (Å²) in [5.74, 6) is 0.766. The highest BCUT2D eigenvalue weighted by molar-refractivity contribution is 14.1. The first-order valence-corrected chi connectivity index (χ1v) is 6.11. The predicted molar refractivity (Wildman–Crippen MR) is 64.3 cm³/mol. The molecule has 2 heterocycles. The van der Waals surface area contributed by atoms with Gasteiger partial charge >= 0.3 is 0 Å². The molecule has 0 fully saturated rings. The van der Waals surface area contributed by atoms with Gasteiger partial charge in [0.25, 0.3) is 5.89 Å². The molecular weight excluding hydrogens is 329 g/mol. The van der Waals surface area contributed by atoms with E-state index >= 15 is 0 Å². The van der Waals surface area contributed by atoms with Gasteiger partial charge in [-0.05, 0) is 28.7 Å². The van der Waals surface area contributed by atoms with E-state index in [0.29, 0.717) is 11.7 Å². The molecule has 0 saturated carbocycles. The fourth-order valence-corrected chi connectivity index (χ4v) is 2.33. The molecule has 2 aromatic rings. The molecule has 7 heteroatoms. The van der Waals surface area contributed by atoms with Crippen LogP contribution in [0.4, 0.5) is 0 Å². The van der Waals surface area contributed by atoms with Gasteiger partial charge in [0, 0.05) is 5.38 Å². The Morgan fingerprint density at radius 2 is 2.47 bits per heavy atom. The van der Waals surface area contributed by atoms with Gasteiger partial charge in [-0.15, -0.1) is 11.3 Å². The summed E-state index contributed by atoms with van der Waals surface area (Å²) in [5, 5.41) is 14.5. The molecule has 0 amide bonds. The number of halogens is 1. The van der Waals surface area contributed by atoms with Crippen molar-refractivity contribution < 1.29 is 9.63 Å². The monoisotopic (exact) mass is 337 g/mol. The molecule has 80 valence electrons. The molecule has 3 N–H and O–H groups in total. The van der Waals surface area contributed by atoms with E-state index in [4.69, 9.17) is 15.4 Å². The van der Waals surface area contributed by atoms with Gasteiger partial charge in [0.05, 0.1) is 21.1 Å². The van der Waals surface area contributed by atoms with Crippen LogP contribution in [-0.4, -0.2) is 21.9 Å². The van der Waals surface area contributed by atoms with Gasteiger partial charge in [0.15, 0.2) is 5.82 Å². The lowest BCUT2D eigenvalue weighted by Gasteiger charge is -1.98. The summed E-state index contributed by atoms with van der Waals surface area (Å²) in [6.45, 7) is -0.194. The summed E-state index contributed by atoms with van der Waals surface area (Å²) in [5.41, 5.74) is 6.44. The van der Waals surface area contributed by atoms with Crippen LogP contribution in [0, 0.1) is 2.88 Å². The van der Waals surface area contributed by atoms with Gasteiger partial charge in [-0.2, -0.15) is 4.98 Å². The van der Waals surface area contributed by atoms with Gasteiger partial charge in [-0.3, -0.25) is 0 Å². The molecule has 0 saturated heterocycles. The first kappa shape index (κ1) is 11.0. The maximum absolute atomic E-state index is 8.83. The summed E-state index contributed by atoms with van der Waals surface area (Å²) in [4.78, 5) is 4.11. The topological polar surface area (TPSA) is 85.2 Å². The first-order valence-electron chi connectivity index (χ1n) is 4.15. The summed E-state index contributed by atoms with van der Waals surface area (Å²) in [6, 6.07) is 1.37. The number of hydrogen-bond donors (Lipinski definition) is 2. The standard InChI is InChI=1S/C8H8IN3O2S/c9-6-1-4(3-15-6)8-11-7(12-14-8)5(10)2-13/h1,3,5,13H,2,10H2. The molecular formula is C8H8IN3O2S. The van der Waals surface area contributed by atoms with E-state index in [2.05, 4.69) is 32.7 Å². The van der Waals surface area contributed by atoms with E-state index in [0.717, 1.165) is 8.45 Å². The van der Waals surface area contributed by atoms with Crippen LogP contribution in [0.25, 0.3) is 11.5 Å². The lowest BCUT2D eigenvalue weighted by atomic mass is 10.3. The van der Waals surface area contributed by atoms with Gasteiger partial charge in [-0.1, -0.05) is 5.16 Å². The zero-order chi connectivity index (χ0) is 10.8. The predicted octanol–water partition coefficient (Wildman–Crippen LogP) is 1.39. The average Bonchev–Trinajstić information content (AvgIpc) is 2.84. The Kier molecular flexibility index (Phi) is 3.34. The number of nitrogens with two attached hydrogens (primary N) is 1. The van der Waals surface area contributed by atoms with Crippen LogP contribution in [0.1, 0.15) is 11.9 Å². The van der Waals surface area contributed by atoms with Crippen LogP contribution in [0.5, 0.6) is 0 Å². The van der Waals surface area contributed by atoms with Crippen molar-refractivity contribution in [2.75, 3.05) is 6.61 Å². The smallest absolute Gasteiger partial charge is 0.258 e. The zero-order valence-corrected chi connectivity index (χ0v) is 10.5. The fourth-order valence-electron chi connectivity index (χ4n) is 1.01. The molecule has 0 aromatic carbocycles. The number of nitrogens with zero attached hydrogens (tertiary/aromatic N) is 2. The molecule has 15 heavy (non-hydrogen) atoms. The third kappa shape index (κ3) is 2.36. The van der Waals surface area contributed by atoms with E-state index in [1.165, 1.54) is 0 Å². The van der Waals surface area contributed by atoms with E-state index in [1.54, 1.807) is 11.3 Å². The molecule has 1 atom stereocenters. The SMILES string of the molecule is NC(CO)c1noc(-c2csc(I)c2)n1. The van der Waals surface area contributed by atoms with Gasteiger partial charge in [-0.25, -0.2) is 0 Å². The number of aliphatic hydroxyl groups excluding tert-OH is 1. The Morgan fingerprint density at radius 1 is 1.67 bits per heavy atom. The Hall–Kier alpha value is -0.510. The summed E-state index contributed by atoms with van der Waals surface area (Å²) < 4.78 is 6.19. The van der Waals surface area contributed by atoms with Crippen LogP contribution in [0.3, 0.4) is 0 Å². The number of aliphatic hydroxyl groups is 1. The second kappa shape index (κ2) is 4.56. The second-order valence-corrected chi connectivity index (χ2v) is 5.69. The third-order valence-corrected chi connectivity index (χ3v) is 3.57. The highest BCUT2D eigenvalue weighted by Crippen LogP contribution is 2.25. The lowest BCUT2D eigenvalue weighted by molar-refractivity contribution is 0.260. The maximum Gasteiger partial charge on any atom is 0.258 e. The van der Waals surface area contributed by atoms with Gasteiger partial charge in [0.1, 0.15) is 0 Å². The van der Waals surface area contributed by atoms with Crippen LogP contribution in [0.2, 0.25) is 0 Å². The average molecular weight is 337 g/mol. The minimum atomic E-state index is -0.583. The Balaban J connectivity index is 2.27. The normalized spacial score (nSPS) is 13.0. The van der Waals surface area contributed by atoms with E-state index in [-0.39, 0.29) is 6.61 Å². The molecule has 0 aliphatic carbocycles. The van der Waals surface area contributed by atoms with Gasteiger partial charge in [0.2, 0.25) is 0 Å². The Labute approximate surface area is 103 Å². The van der Waals surface area contributed by atoms with Gasteiger partial charge < -0.3 is 15.4 Å². The van der Waals surface area contributed by atoms with Crippen LogP contribution < -0.4 is 5.73 Å². The highest BCUT2D eigenvalue weighted by atomic mass is 127. The highest BCUT2D eigenvalue weighted by Gasteiger charge is 2.14. The first-order chi connectivity index (χ1) is 7.20. The largest absolute Gasteiger partial charge is 0.394 e. The summed E-state index contributed by atoms with van der Waals surface area (Å²) >= 11 is 3.82. The number of rotatable bonds is 3. The molecule has 2 rings (SSSR count). The molecule has 0 bridgehead atoms. The van der Waals surface area contributed by atoms with Crippen molar-refractivity contribution in [3.05, 3.63) is 20.2 Å². The molecule has 0 radical (unpaired) electrons. The molecule has 1 unspecified atom stereocenters. The van der Waals surface area contributed by atoms with Crippen LogP contribution in [0.15, 0.2) is 16.0 Å². The lowest BCUT2D eigenvalue weighted by Crippen LogP contribution is -2.15. The minimum absolute atomic E-state index is 0.194. The molecule has 0 aliphatic heterocycles. The summed E-state index contributed by atoms with van der Waals surface area (Å²) in [7, 11) is 0. The van der Waals surface area contributed by atoms with Crippen molar-refractivity contribution >= 4 is 33.9 Å². The Bertz CT molecular complexity index is 456. The van der Waals surface area contributed by atoms with Crippen molar-refractivity contribution in [2.45, 2.75) is 6.04 Å². The number of hydrogen-bond acceptors (Lipinski definition) is 6. The van der Waals surface area contributed by atoms with Crippen molar-refractivity contribution in [2.24, 2.45) is 5.73 Å². The number of aromatic nitrogens is 2. The Morgan fingerprint density at radius 3 is 3.07 bits per heavy atom. The van der Waals surface area contributed by atoms with Crippen LogP contribution >= 0.6 is 33.9 Å². The summed E-state index contributed by atoms with van der Waals surface area (Å²) in [6.07, 6.45) is 0. The third-order valence-electron chi connectivity index (χ3n) is 1.78. The quantitative estimate of drug-likeness (QED) is 0.827. The molecule has 2 aromatic heterocycles. The van der Waals surface area contributed by atoms with Crippen LogP contribution in [-0.2, 0) is 0 Å². The minimum Gasteiger partial charge on any atom is -0.394 e. The number of thiophene rings is 1.